The third kappa shape index (κ3) is 4.67. The summed E-state index contributed by atoms with van der Waals surface area (Å²) in [5, 5.41) is 10.4. The van der Waals surface area contributed by atoms with E-state index in [4.69, 9.17) is 9.16 Å². The third-order valence-corrected chi connectivity index (χ3v) is 11.9. The first kappa shape index (κ1) is 22.7. The first-order valence-electron chi connectivity index (χ1n) is 10.2. The Morgan fingerprint density at radius 3 is 2.18 bits per heavy atom. The van der Waals surface area contributed by atoms with E-state index in [1.54, 1.807) is 6.07 Å². The maximum absolute atomic E-state index is 11.6. The number of carbonyl (C=O) groups is 1. The van der Waals surface area contributed by atoms with E-state index in [0.29, 0.717) is 48.7 Å². The molecule has 1 aromatic carbocycles. The Kier molecular flexibility index (Phi) is 7.86. The molecule has 0 radical (unpaired) electrons. The minimum atomic E-state index is -1.86. The fourth-order valence-electron chi connectivity index (χ4n) is 4.66. The van der Waals surface area contributed by atoms with Gasteiger partial charge in [-0.2, -0.15) is 0 Å². The van der Waals surface area contributed by atoms with E-state index in [1.165, 1.54) is 0 Å². The van der Waals surface area contributed by atoms with Crippen molar-refractivity contribution in [1.29, 1.82) is 0 Å². The molecule has 0 spiro atoms. The molecule has 0 aliphatic rings. The van der Waals surface area contributed by atoms with Crippen molar-refractivity contribution in [3.63, 3.8) is 0 Å². The number of hydrogen-bond donors (Lipinski definition) is 1. The van der Waals surface area contributed by atoms with E-state index in [0.717, 1.165) is 10.9 Å². The molecule has 5 nitrogen and oxygen atoms in total. The molecule has 0 aliphatic heterocycles. The Labute approximate surface area is 169 Å². The second kappa shape index (κ2) is 9.72. The minimum Gasteiger partial charge on any atom is -0.477 e. The summed E-state index contributed by atoms with van der Waals surface area (Å²) >= 11 is 0. The second-order valence-electron chi connectivity index (χ2n) is 8.32. The fraction of sp³-hybridized carbons (Fsp3) is 0.591. The molecule has 2 rings (SSSR count). The molecule has 1 aromatic heterocycles. The smallest absolute Gasteiger partial charge is 0.352 e. The number of carboxylic acid groups (broad SMARTS) is 1. The highest BCUT2D eigenvalue weighted by atomic mass is 28.4. The zero-order valence-corrected chi connectivity index (χ0v) is 19.1. The number of hydrogen-bond acceptors (Lipinski definition) is 3. The summed E-state index contributed by atoms with van der Waals surface area (Å²) in [5.74, 6) is -0.916. The van der Waals surface area contributed by atoms with Crippen molar-refractivity contribution in [3.05, 3.63) is 36.0 Å². The van der Waals surface area contributed by atoms with E-state index in [9.17, 15) is 9.90 Å². The Morgan fingerprint density at radius 1 is 1.00 bits per heavy atom. The number of aromatic carboxylic acids is 1. The van der Waals surface area contributed by atoms with Gasteiger partial charge >= 0.3 is 5.97 Å². The van der Waals surface area contributed by atoms with Crippen LogP contribution in [0.25, 0.3) is 10.9 Å². The van der Waals surface area contributed by atoms with Gasteiger partial charge in [-0.05, 0) is 28.8 Å². The van der Waals surface area contributed by atoms with Crippen LogP contribution >= 0.6 is 0 Å². The van der Waals surface area contributed by atoms with Crippen LogP contribution in [0.15, 0.2) is 30.3 Å². The highest BCUT2D eigenvalue weighted by molar-refractivity contribution is 6.77. The normalized spacial score (nSPS) is 12.6. The van der Waals surface area contributed by atoms with E-state index in [-0.39, 0.29) is 0 Å². The summed E-state index contributed by atoms with van der Waals surface area (Å²) in [7, 11) is -1.86. The number of carboxylic acids is 1. The fourth-order valence-corrected chi connectivity index (χ4v) is 10.1. The SMILES string of the molecule is CC(C)[Si](OCCOCCn1c(C(=O)O)cc2ccccc21)(C(C)C)C(C)C. The maximum Gasteiger partial charge on any atom is 0.352 e. The van der Waals surface area contributed by atoms with Crippen LogP contribution in [0, 0.1) is 0 Å². The standard InChI is InChI=1S/C22H35NO4Si/c1-16(2)28(17(3)4,18(5)6)27-14-13-26-12-11-23-20-10-8-7-9-19(20)15-21(23)22(24)25/h7-10,15-18H,11-14H2,1-6H3,(H,24,25). The Hall–Kier alpha value is -1.63. The van der Waals surface area contributed by atoms with Crippen LogP contribution in [0.2, 0.25) is 16.6 Å². The van der Waals surface area contributed by atoms with E-state index >= 15 is 0 Å². The molecular weight excluding hydrogens is 370 g/mol. The monoisotopic (exact) mass is 405 g/mol. The third-order valence-electron chi connectivity index (χ3n) is 5.78. The highest BCUT2D eigenvalue weighted by Crippen LogP contribution is 2.42. The van der Waals surface area contributed by atoms with Crippen molar-refractivity contribution < 1.29 is 19.1 Å². The van der Waals surface area contributed by atoms with Crippen LogP contribution in [-0.2, 0) is 15.7 Å². The molecule has 28 heavy (non-hydrogen) atoms. The molecule has 2 aromatic rings. The highest BCUT2D eigenvalue weighted by Gasteiger charge is 2.44. The van der Waals surface area contributed by atoms with E-state index in [1.807, 2.05) is 28.8 Å². The molecule has 0 saturated heterocycles. The summed E-state index contributed by atoms with van der Waals surface area (Å²) < 4.78 is 14.1. The summed E-state index contributed by atoms with van der Waals surface area (Å²) in [6.07, 6.45) is 0. The van der Waals surface area contributed by atoms with E-state index < -0.39 is 14.3 Å². The first-order chi connectivity index (χ1) is 13.2. The lowest BCUT2D eigenvalue weighted by Crippen LogP contribution is -2.48. The van der Waals surface area contributed by atoms with Gasteiger partial charge in [-0.3, -0.25) is 0 Å². The first-order valence-corrected chi connectivity index (χ1v) is 12.4. The van der Waals surface area contributed by atoms with Crippen LogP contribution in [0.4, 0.5) is 0 Å². The number of aromatic nitrogens is 1. The number of nitrogens with zero attached hydrogens (tertiary/aromatic N) is 1. The number of rotatable bonds is 11. The van der Waals surface area contributed by atoms with Crippen molar-refractivity contribution >= 4 is 25.2 Å². The van der Waals surface area contributed by atoms with Gasteiger partial charge in [0.15, 0.2) is 8.32 Å². The zero-order chi connectivity index (χ0) is 20.9. The van der Waals surface area contributed by atoms with Crippen LogP contribution < -0.4 is 0 Å². The molecular formula is C22H35NO4Si. The summed E-state index contributed by atoms with van der Waals surface area (Å²) in [6, 6.07) is 9.43. The number of fused-ring (bicyclic) bond motifs is 1. The van der Waals surface area contributed by atoms with Crippen molar-refractivity contribution in [2.45, 2.75) is 64.7 Å². The Bertz CT molecular complexity index is 760. The van der Waals surface area contributed by atoms with Crippen LogP contribution in [0.3, 0.4) is 0 Å². The van der Waals surface area contributed by atoms with Crippen LogP contribution in [0.5, 0.6) is 0 Å². The van der Waals surface area contributed by atoms with Crippen molar-refractivity contribution in [2.75, 3.05) is 19.8 Å². The number of ether oxygens (including phenoxy) is 1. The molecule has 1 heterocycles. The molecule has 156 valence electrons. The van der Waals surface area contributed by atoms with Crippen molar-refractivity contribution in [2.24, 2.45) is 0 Å². The Balaban J connectivity index is 1.92. The van der Waals surface area contributed by atoms with E-state index in [2.05, 4.69) is 41.5 Å². The van der Waals surface area contributed by atoms with Crippen LogP contribution in [-0.4, -0.2) is 43.8 Å². The predicted molar refractivity (Wildman–Crippen MR) is 117 cm³/mol. The zero-order valence-electron chi connectivity index (χ0n) is 18.1. The average Bonchev–Trinajstić information content (AvgIpc) is 2.99. The van der Waals surface area contributed by atoms with Gasteiger partial charge in [-0.25, -0.2) is 4.79 Å². The second-order valence-corrected chi connectivity index (χ2v) is 13.8. The van der Waals surface area contributed by atoms with Gasteiger partial charge in [-0.15, -0.1) is 0 Å². The molecule has 1 N–H and O–H groups in total. The van der Waals surface area contributed by atoms with Gasteiger partial charge in [0.1, 0.15) is 5.69 Å². The summed E-state index contributed by atoms with van der Waals surface area (Å²) in [5.41, 5.74) is 2.88. The molecule has 0 atom stereocenters. The van der Waals surface area contributed by atoms with Gasteiger partial charge in [0.25, 0.3) is 0 Å². The predicted octanol–water partition coefficient (Wildman–Crippen LogP) is 5.55. The molecule has 6 heteroatoms. The molecule has 0 bridgehead atoms. The summed E-state index contributed by atoms with van der Waals surface area (Å²) in [4.78, 5) is 11.6. The van der Waals surface area contributed by atoms with Crippen molar-refractivity contribution in [1.82, 2.24) is 4.57 Å². The molecule has 0 fully saturated rings. The lowest BCUT2D eigenvalue weighted by molar-refractivity contribution is 0.0674. The molecule has 0 amide bonds. The van der Waals surface area contributed by atoms with Gasteiger partial charge < -0.3 is 18.8 Å². The number of para-hydroxylation sites is 1. The lowest BCUT2D eigenvalue weighted by atomic mass is 10.2. The largest absolute Gasteiger partial charge is 0.477 e. The van der Waals surface area contributed by atoms with Gasteiger partial charge in [0, 0.05) is 17.4 Å². The molecule has 0 unspecified atom stereocenters. The average molecular weight is 406 g/mol. The molecule has 0 saturated carbocycles. The Morgan fingerprint density at radius 2 is 1.61 bits per heavy atom. The van der Waals surface area contributed by atoms with Crippen molar-refractivity contribution in [3.8, 4) is 0 Å². The lowest BCUT2D eigenvalue weighted by Gasteiger charge is -2.42. The van der Waals surface area contributed by atoms with Crippen LogP contribution in [0.1, 0.15) is 52.0 Å². The van der Waals surface area contributed by atoms with Gasteiger partial charge in [0.05, 0.1) is 19.8 Å². The minimum absolute atomic E-state index is 0.298. The quantitative estimate of drug-likeness (QED) is 0.393. The molecule has 0 aliphatic carbocycles. The topological polar surface area (TPSA) is 60.7 Å². The number of benzene rings is 1. The van der Waals surface area contributed by atoms with Gasteiger partial charge in [0.2, 0.25) is 0 Å². The van der Waals surface area contributed by atoms with Gasteiger partial charge in [-0.1, -0.05) is 59.7 Å². The summed E-state index contributed by atoms with van der Waals surface area (Å²) in [6.45, 7) is 15.7. The maximum atomic E-state index is 11.6.